The summed E-state index contributed by atoms with van der Waals surface area (Å²) in [6, 6.07) is -1.02. The van der Waals surface area contributed by atoms with Crippen molar-refractivity contribution < 1.29 is 47.3 Å². The summed E-state index contributed by atoms with van der Waals surface area (Å²) in [6.45, 7) is 8.71. The minimum Gasteiger partial charge on any atom is -0.481 e. The predicted octanol–water partition coefficient (Wildman–Crippen LogP) is 10.5. The van der Waals surface area contributed by atoms with Gasteiger partial charge in [0.05, 0.1) is 6.10 Å². The zero-order chi connectivity index (χ0) is 40.2. The lowest BCUT2D eigenvalue weighted by Gasteiger charge is -2.63. The van der Waals surface area contributed by atoms with Gasteiger partial charge in [-0.2, -0.15) is 0 Å². The summed E-state index contributed by atoms with van der Waals surface area (Å²) in [5, 5.41) is 19.2. The maximum atomic E-state index is 17.2. The van der Waals surface area contributed by atoms with Crippen molar-refractivity contribution in [2.24, 2.45) is 28.6 Å². The van der Waals surface area contributed by atoms with E-state index in [9.17, 15) is 28.7 Å². The molecule has 4 aliphatic rings. The number of carbonyl (C=O) groups excluding carboxylic acids is 3. The topological polar surface area (TPSA) is 118 Å². The molecule has 0 bridgehead atoms. The molecule has 0 spiro atoms. The molecule has 0 radical (unpaired) electrons. The Morgan fingerprint density at radius 2 is 1.54 bits per heavy atom. The lowest BCUT2D eigenvalue weighted by atomic mass is 9.44. The molecule has 0 saturated heterocycles. The molecular formula is C43H65F3O7S. The van der Waals surface area contributed by atoms with Crippen LogP contribution in [0.1, 0.15) is 150 Å². The highest BCUT2D eigenvalue weighted by molar-refractivity contribution is 8.13. The molecule has 4 aliphatic carbocycles. The number of esters is 1. The minimum atomic E-state index is -2.30. The number of ether oxygens (including phenoxy) is 1. The lowest BCUT2D eigenvalue weighted by molar-refractivity contribution is -0.228. The highest BCUT2D eigenvalue weighted by Gasteiger charge is 2.78. The Bertz CT molecular complexity index is 1380. The third-order valence-corrected chi connectivity index (χ3v) is 13.5. The zero-order valence-electron chi connectivity index (χ0n) is 33.2. The van der Waals surface area contributed by atoms with Crippen LogP contribution in [0.3, 0.4) is 0 Å². The number of carboxylic acids is 1. The average Bonchev–Trinajstić information content (AvgIpc) is 3.34. The predicted molar refractivity (Wildman–Crippen MR) is 208 cm³/mol. The number of aliphatic carboxylic acids is 1. The van der Waals surface area contributed by atoms with Crippen LogP contribution in [0.4, 0.5) is 13.2 Å². The second-order valence-electron chi connectivity index (χ2n) is 16.3. The first-order valence-electron chi connectivity index (χ1n) is 20.4. The van der Waals surface area contributed by atoms with Gasteiger partial charge in [0.1, 0.15) is 12.2 Å². The molecule has 3 fully saturated rings. The van der Waals surface area contributed by atoms with Crippen molar-refractivity contribution in [1.82, 2.24) is 0 Å². The van der Waals surface area contributed by atoms with Gasteiger partial charge < -0.3 is 14.9 Å². The monoisotopic (exact) mass is 782 g/mol. The van der Waals surface area contributed by atoms with Crippen LogP contribution in [-0.4, -0.2) is 62.6 Å². The van der Waals surface area contributed by atoms with Gasteiger partial charge in [-0.05, 0) is 93.7 Å². The SMILES string of the molecule is CCC(=O)O[C@]1(C(=O)SCF)[C@H](C)C[C@H]2[C@@H]3C[C@H](F)C4=CC(=O)C=C[C@]4(C)[C@@]3(F)[C@@H](O)C[C@@]21C.CCCCCCCC/C=C/CCCCCCCC(=O)O. The molecule has 4 rings (SSSR count). The number of aliphatic hydroxyl groups is 1. The van der Waals surface area contributed by atoms with Crippen LogP contribution in [-0.2, 0) is 23.9 Å². The van der Waals surface area contributed by atoms with E-state index in [0.29, 0.717) is 18.2 Å². The summed E-state index contributed by atoms with van der Waals surface area (Å²) >= 11 is 0.396. The van der Waals surface area contributed by atoms with Crippen LogP contribution in [0.5, 0.6) is 0 Å². The van der Waals surface area contributed by atoms with Crippen molar-refractivity contribution in [3.8, 4) is 0 Å². The first-order valence-corrected chi connectivity index (χ1v) is 21.4. The number of allylic oxidation sites excluding steroid dienone is 6. The normalized spacial score (nSPS) is 34.0. The largest absolute Gasteiger partial charge is 0.481 e. The minimum absolute atomic E-state index is 0.0141. The molecule has 7 nitrogen and oxygen atoms in total. The summed E-state index contributed by atoms with van der Waals surface area (Å²) in [5.74, 6) is -3.96. The molecule has 0 aromatic heterocycles. The van der Waals surface area contributed by atoms with E-state index in [2.05, 4.69) is 19.1 Å². The molecule has 54 heavy (non-hydrogen) atoms. The maximum absolute atomic E-state index is 17.2. The Labute approximate surface area is 325 Å². The van der Waals surface area contributed by atoms with Gasteiger partial charge in [0.15, 0.2) is 17.1 Å². The van der Waals surface area contributed by atoms with E-state index < -0.39 is 81.0 Å². The van der Waals surface area contributed by atoms with Gasteiger partial charge in [-0.3, -0.25) is 19.2 Å². The third kappa shape index (κ3) is 9.75. The van der Waals surface area contributed by atoms with Crippen molar-refractivity contribution in [3.05, 3.63) is 36.0 Å². The number of ketones is 1. The lowest BCUT2D eigenvalue weighted by Crippen LogP contribution is -2.70. The molecule has 0 amide bonds. The number of aliphatic hydroxyl groups excluding tert-OH is 1. The number of alkyl halides is 3. The molecule has 0 unspecified atom stereocenters. The molecule has 9 atom stereocenters. The summed E-state index contributed by atoms with van der Waals surface area (Å²) in [6.07, 6.45) is 21.4. The van der Waals surface area contributed by atoms with E-state index in [1.807, 2.05) is 0 Å². The Morgan fingerprint density at radius 1 is 0.944 bits per heavy atom. The Kier molecular flexibility index (Phi) is 17.6. The number of fused-ring (bicyclic) bond motifs is 5. The van der Waals surface area contributed by atoms with Gasteiger partial charge in [-0.15, -0.1) is 0 Å². The standard InChI is InChI=1S/C25H31F3O5S.C18H34O2/c1-5-20(31)33-25(21(32)34-12-26)13(2)8-15-16-10-18(27)17-9-14(29)6-7-22(17,3)24(16,28)19(30)11-23(15,25)4;1-2-3-4-5-6-7-8-9-10-11-12-13-14-15-16-17-18(19)20/h6-7,9,13,15-16,18-19,30H,5,8,10-12H2,1-4H3;9-10H,2-8,11-17H2,1H3,(H,19,20)/b;10-9+/t13-,15+,16+,18+,19+,22+,23+,24+,25+;/m1./s1. The van der Waals surface area contributed by atoms with Crippen molar-refractivity contribution in [2.45, 2.75) is 174 Å². The summed E-state index contributed by atoms with van der Waals surface area (Å²) in [4.78, 5) is 48.1. The van der Waals surface area contributed by atoms with Crippen LogP contribution < -0.4 is 0 Å². The number of rotatable bonds is 19. The van der Waals surface area contributed by atoms with Crippen LogP contribution in [0, 0.1) is 28.6 Å². The maximum Gasteiger partial charge on any atom is 0.306 e. The van der Waals surface area contributed by atoms with Crippen LogP contribution in [0.2, 0.25) is 0 Å². The van der Waals surface area contributed by atoms with Gasteiger partial charge in [-0.1, -0.05) is 97.3 Å². The number of unbranched alkanes of at least 4 members (excludes halogenated alkanes) is 11. The molecule has 0 aromatic carbocycles. The molecule has 3 saturated carbocycles. The van der Waals surface area contributed by atoms with Gasteiger partial charge in [-0.25, -0.2) is 13.2 Å². The van der Waals surface area contributed by atoms with Gasteiger partial charge in [0.25, 0.3) is 0 Å². The third-order valence-electron chi connectivity index (χ3n) is 12.9. The van der Waals surface area contributed by atoms with Gasteiger partial charge >= 0.3 is 11.9 Å². The fourth-order valence-corrected chi connectivity index (χ4v) is 10.8. The van der Waals surface area contributed by atoms with Gasteiger partial charge in [0, 0.05) is 35.5 Å². The first-order chi connectivity index (χ1) is 25.6. The number of hydrogen-bond donors (Lipinski definition) is 2. The Hall–Kier alpha value is -2.40. The van der Waals surface area contributed by atoms with E-state index in [1.54, 1.807) is 20.8 Å². The Morgan fingerprint density at radius 3 is 2.11 bits per heavy atom. The fourth-order valence-electron chi connectivity index (χ4n) is 9.97. The van der Waals surface area contributed by atoms with Gasteiger partial charge in [0.2, 0.25) is 5.12 Å². The highest BCUT2D eigenvalue weighted by atomic mass is 32.2. The summed E-state index contributed by atoms with van der Waals surface area (Å²) in [5.41, 5.74) is -6.84. The fraction of sp³-hybridized carbons (Fsp3) is 0.767. The van der Waals surface area contributed by atoms with E-state index in [1.165, 1.54) is 89.7 Å². The number of carbonyl (C=O) groups is 4. The zero-order valence-corrected chi connectivity index (χ0v) is 34.0. The Balaban J connectivity index is 0.000000337. The second-order valence-corrected chi connectivity index (χ2v) is 17.2. The molecule has 11 heteroatoms. The van der Waals surface area contributed by atoms with Crippen molar-refractivity contribution in [1.29, 1.82) is 0 Å². The molecule has 0 aliphatic heterocycles. The molecule has 2 N–H and O–H groups in total. The molecule has 0 heterocycles. The number of halogens is 3. The van der Waals surface area contributed by atoms with E-state index in [0.717, 1.165) is 18.9 Å². The summed E-state index contributed by atoms with van der Waals surface area (Å²) < 4.78 is 51.8. The van der Waals surface area contributed by atoms with Crippen LogP contribution in [0.25, 0.3) is 0 Å². The molecule has 0 aromatic rings. The van der Waals surface area contributed by atoms with Crippen molar-refractivity contribution in [2.75, 3.05) is 6.01 Å². The van der Waals surface area contributed by atoms with E-state index in [-0.39, 0.29) is 31.3 Å². The van der Waals surface area contributed by atoms with Crippen LogP contribution in [0.15, 0.2) is 36.0 Å². The highest BCUT2D eigenvalue weighted by Crippen LogP contribution is 2.72. The van der Waals surface area contributed by atoms with Crippen molar-refractivity contribution in [3.63, 3.8) is 0 Å². The quantitative estimate of drug-likeness (QED) is 0.0755. The number of carboxylic acid groups (broad SMARTS) is 1. The van der Waals surface area contributed by atoms with E-state index >= 15 is 8.78 Å². The van der Waals surface area contributed by atoms with E-state index in [4.69, 9.17) is 9.84 Å². The summed E-state index contributed by atoms with van der Waals surface area (Å²) in [7, 11) is 0. The van der Waals surface area contributed by atoms with Crippen LogP contribution >= 0.6 is 11.8 Å². The number of hydrogen-bond acceptors (Lipinski definition) is 7. The van der Waals surface area contributed by atoms with Crippen molar-refractivity contribution >= 4 is 34.6 Å². The molecule has 306 valence electrons. The first kappa shape index (κ1) is 46.0. The smallest absolute Gasteiger partial charge is 0.306 e. The second kappa shape index (κ2) is 20.7. The number of thioether (sulfide) groups is 1. The average molecular weight is 783 g/mol. The molecular weight excluding hydrogens is 718 g/mol.